The van der Waals surface area contributed by atoms with Crippen LogP contribution in [0.1, 0.15) is 52.8 Å². The van der Waals surface area contributed by atoms with Crippen molar-refractivity contribution in [1.82, 2.24) is 34.9 Å². The van der Waals surface area contributed by atoms with Gasteiger partial charge in [0, 0.05) is 42.8 Å². The summed E-state index contributed by atoms with van der Waals surface area (Å²) in [6.07, 6.45) is 4.61. The summed E-state index contributed by atoms with van der Waals surface area (Å²) in [4.78, 5) is 28.0. The van der Waals surface area contributed by atoms with Crippen LogP contribution in [0.15, 0.2) is 23.7 Å². The van der Waals surface area contributed by atoms with Gasteiger partial charge in [-0.1, -0.05) is 0 Å². The number of aromatic nitrogens is 5. The predicted molar refractivity (Wildman–Crippen MR) is 130 cm³/mol. The van der Waals surface area contributed by atoms with Gasteiger partial charge in [0.1, 0.15) is 5.69 Å². The molecule has 3 aromatic heterocycles. The first-order valence-electron chi connectivity index (χ1n) is 11.5. The normalized spacial score (nSPS) is 16.2. The van der Waals surface area contributed by atoms with Crippen molar-refractivity contribution in [3.63, 3.8) is 0 Å². The van der Waals surface area contributed by atoms with Crippen LogP contribution >= 0.6 is 11.3 Å². The van der Waals surface area contributed by atoms with Crippen molar-refractivity contribution in [1.29, 1.82) is 5.26 Å². The van der Waals surface area contributed by atoms with E-state index >= 15 is 0 Å². The second-order valence-corrected chi connectivity index (χ2v) is 9.32. The Morgan fingerprint density at radius 2 is 2.24 bits per heavy atom. The molecule has 0 spiro atoms. The zero-order valence-electron chi connectivity index (χ0n) is 19.5. The Labute approximate surface area is 203 Å². The van der Waals surface area contributed by atoms with Crippen LogP contribution < -0.4 is 10.6 Å². The maximum Gasteiger partial charge on any atom is 0.270 e. The lowest BCUT2D eigenvalue weighted by molar-refractivity contribution is 0.0948. The van der Waals surface area contributed by atoms with Gasteiger partial charge in [0.2, 0.25) is 5.95 Å². The number of aryl methyl sites for hydroxylation is 3. The molecule has 178 valence electrons. The zero-order chi connectivity index (χ0) is 23.9. The van der Waals surface area contributed by atoms with Crippen molar-refractivity contribution in [3.8, 4) is 6.07 Å². The molecule has 0 saturated carbocycles. The van der Waals surface area contributed by atoms with Gasteiger partial charge in [0.15, 0.2) is 5.13 Å². The SMILES string of the molecule is Cc1cc(C)n(CCCNC(=O)c2csc(Nc3nccc(C4CCCN(CC#N)C4)n3)n2)n1. The summed E-state index contributed by atoms with van der Waals surface area (Å²) < 4.78 is 1.95. The van der Waals surface area contributed by atoms with Gasteiger partial charge in [-0.2, -0.15) is 10.4 Å². The van der Waals surface area contributed by atoms with E-state index < -0.39 is 0 Å². The second kappa shape index (κ2) is 11.2. The second-order valence-electron chi connectivity index (χ2n) is 8.46. The predicted octanol–water partition coefficient (Wildman–Crippen LogP) is 3.01. The van der Waals surface area contributed by atoms with Crippen molar-refractivity contribution in [2.24, 2.45) is 0 Å². The number of thiazole rings is 1. The summed E-state index contributed by atoms with van der Waals surface area (Å²) in [5.74, 6) is 0.533. The Morgan fingerprint density at radius 1 is 1.35 bits per heavy atom. The van der Waals surface area contributed by atoms with Gasteiger partial charge < -0.3 is 10.6 Å². The van der Waals surface area contributed by atoms with Crippen molar-refractivity contribution in [2.75, 3.05) is 31.5 Å². The van der Waals surface area contributed by atoms with Crippen molar-refractivity contribution in [3.05, 3.63) is 46.5 Å². The van der Waals surface area contributed by atoms with Gasteiger partial charge in [-0.25, -0.2) is 15.0 Å². The lowest BCUT2D eigenvalue weighted by Gasteiger charge is -2.30. The van der Waals surface area contributed by atoms with Gasteiger partial charge in [-0.3, -0.25) is 14.4 Å². The van der Waals surface area contributed by atoms with E-state index in [1.807, 2.05) is 30.7 Å². The summed E-state index contributed by atoms with van der Waals surface area (Å²) >= 11 is 1.34. The van der Waals surface area contributed by atoms with Crippen LogP contribution in [-0.4, -0.2) is 61.7 Å². The van der Waals surface area contributed by atoms with Crippen LogP contribution in [-0.2, 0) is 6.54 Å². The smallest absolute Gasteiger partial charge is 0.270 e. The molecule has 1 unspecified atom stereocenters. The quantitative estimate of drug-likeness (QED) is 0.354. The average Bonchev–Trinajstić information content (AvgIpc) is 3.42. The highest BCUT2D eigenvalue weighted by Crippen LogP contribution is 2.26. The molecular formula is C23H29N9OS. The van der Waals surface area contributed by atoms with Gasteiger partial charge in [0.05, 0.1) is 24.0 Å². The molecule has 4 heterocycles. The van der Waals surface area contributed by atoms with E-state index in [1.165, 1.54) is 11.3 Å². The fraction of sp³-hybridized carbons (Fsp3) is 0.478. The number of likely N-dealkylation sites (tertiary alicyclic amines) is 1. The van der Waals surface area contributed by atoms with Gasteiger partial charge in [0.25, 0.3) is 5.91 Å². The first-order chi connectivity index (χ1) is 16.5. The van der Waals surface area contributed by atoms with E-state index in [2.05, 4.69) is 41.7 Å². The van der Waals surface area contributed by atoms with E-state index in [9.17, 15) is 4.79 Å². The molecule has 1 atom stereocenters. The highest BCUT2D eigenvalue weighted by Gasteiger charge is 2.22. The molecule has 0 aromatic carbocycles. The van der Waals surface area contributed by atoms with E-state index in [1.54, 1.807) is 11.6 Å². The van der Waals surface area contributed by atoms with Gasteiger partial charge >= 0.3 is 0 Å². The third-order valence-electron chi connectivity index (χ3n) is 5.79. The first kappa shape index (κ1) is 23.8. The molecule has 0 aliphatic carbocycles. The number of nitriles is 1. The highest BCUT2D eigenvalue weighted by atomic mass is 32.1. The van der Waals surface area contributed by atoms with Crippen LogP contribution in [0.4, 0.5) is 11.1 Å². The van der Waals surface area contributed by atoms with Gasteiger partial charge in [-0.15, -0.1) is 11.3 Å². The lowest BCUT2D eigenvalue weighted by Crippen LogP contribution is -2.34. The Morgan fingerprint density at radius 3 is 3.03 bits per heavy atom. The van der Waals surface area contributed by atoms with Gasteiger partial charge in [-0.05, 0) is 51.8 Å². The lowest BCUT2D eigenvalue weighted by atomic mass is 9.94. The minimum absolute atomic E-state index is 0.202. The summed E-state index contributed by atoms with van der Waals surface area (Å²) in [5.41, 5.74) is 3.44. The topological polar surface area (TPSA) is 125 Å². The molecule has 0 radical (unpaired) electrons. The Kier molecular flexibility index (Phi) is 7.82. The molecule has 1 fully saturated rings. The van der Waals surface area contributed by atoms with Crippen LogP contribution in [0.5, 0.6) is 0 Å². The minimum atomic E-state index is -0.202. The average molecular weight is 480 g/mol. The number of hydrogen-bond acceptors (Lipinski definition) is 9. The maximum atomic E-state index is 12.5. The summed E-state index contributed by atoms with van der Waals surface area (Å²) in [6, 6.07) is 6.20. The first-order valence-corrected chi connectivity index (χ1v) is 12.3. The number of carbonyl (C=O) groups excluding carboxylic acids is 1. The van der Waals surface area contributed by atoms with Crippen LogP contribution in [0.2, 0.25) is 0 Å². The number of nitrogens with one attached hydrogen (secondary N) is 2. The highest BCUT2D eigenvalue weighted by molar-refractivity contribution is 7.14. The third-order valence-corrected chi connectivity index (χ3v) is 6.54. The molecule has 1 aliphatic rings. The number of piperidine rings is 1. The summed E-state index contributed by atoms with van der Waals surface area (Å²) in [5, 5.41) is 21.7. The minimum Gasteiger partial charge on any atom is -0.351 e. The zero-order valence-corrected chi connectivity index (χ0v) is 20.3. The molecule has 2 N–H and O–H groups in total. The van der Waals surface area contributed by atoms with E-state index in [4.69, 9.17) is 5.26 Å². The largest absolute Gasteiger partial charge is 0.351 e. The number of carbonyl (C=O) groups is 1. The number of nitrogens with zero attached hydrogens (tertiary/aromatic N) is 7. The number of amides is 1. The molecule has 34 heavy (non-hydrogen) atoms. The van der Waals surface area contributed by atoms with E-state index in [-0.39, 0.29) is 11.8 Å². The molecule has 10 nitrogen and oxygen atoms in total. The molecule has 11 heteroatoms. The molecule has 0 bridgehead atoms. The van der Waals surface area contributed by atoms with E-state index in [0.29, 0.717) is 29.9 Å². The summed E-state index contributed by atoms with van der Waals surface area (Å²) in [7, 11) is 0. The van der Waals surface area contributed by atoms with E-state index in [0.717, 1.165) is 56.0 Å². The molecule has 3 aromatic rings. The number of anilines is 2. The molecule has 1 saturated heterocycles. The Bertz CT molecular complexity index is 1170. The van der Waals surface area contributed by atoms with Crippen LogP contribution in [0, 0.1) is 25.2 Å². The third kappa shape index (κ3) is 6.15. The standard InChI is InChI=1S/C23H29N9OS/c1-16-13-17(2)32(30-16)11-4-8-25-21(33)20-15-34-23(28-20)29-22-26-9-6-19(27-22)18-5-3-10-31(14-18)12-7-24/h6,9,13,15,18H,3-5,8,10-12,14H2,1-2H3,(H,25,33)(H,26,27,28,29). The fourth-order valence-corrected chi connectivity index (χ4v) is 4.84. The monoisotopic (exact) mass is 479 g/mol. The molecule has 1 aliphatic heterocycles. The Hall–Kier alpha value is -3.36. The molecular weight excluding hydrogens is 450 g/mol. The van der Waals surface area contributed by atoms with Crippen LogP contribution in [0.25, 0.3) is 0 Å². The maximum absolute atomic E-state index is 12.5. The number of rotatable bonds is 9. The van der Waals surface area contributed by atoms with Crippen LogP contribution in [0.3, 0.4) is 0 Å². The van der Waals surface area contributed by atoms with Crippen molar-refractivity contribution in [2.45, 2.75) is 45.6 Å². The fourth-order valence-electron chi connectivity index (χ4n) is 4.15. The molecule has 4 rings (SSSR count). The van der Waals surface area contributed by atoms with Crippen molar-refractivity contribution < 1.29 is 4.79 Å². The number of hydrogen-bond donors (Lipinski definition) is 2. The van der Waals surface area contributed by atoms with Crippen molar-refractivity contribution >= 4 is 28.3 Å². The summed E-state index contributed by atoms with van der Waals surface area (Å²) in [6.45, 7) is 7.53. The Balaban J connectivity index is 1.28. The molecule has 1 amide bonds.